The number of phenols is 1. The third-order valence-electron chi connectivity index (χ3n) is 5.46. The number of amidine groups is 1. The standard InChI is InChI=1S/C29H26N2O3/c1-20-8-12-22(13-9-20)28(30-23-14-18-25(34-3)19-15-23)31(24-16-10-21(2)11-17-24)29(33)26-6-4-5-7-27(26)32/h4-19,32H,1-3H3. The predicted octanol–water partition coefficient (Wildman–Crippen LogP) is 6.44. The first kappa shape index (κ1) is 22.8. The van der Waals surface area contributed by atoms with Gasteiger partial charge in [0.15, 0.2) is 0 Å². The number of rotatable bonds is 5. The number of anilines is 1. The van der Waals surface area contributed by atoms with Crippen LogP contribution in [0.15, 0.2) is 102 Å². The lowest BCUT2D eigenvalue weighted by Gasteiger charge is -2.25. The van der Waals surface area contributed by atoms with Crippen molar-refractivity contribution < 1.29 is 14.6 Å². The van der Waals surface area contributed by atoms with Crippen molar-refractivity contribution in [3.63, 3.8) is 0 Å². The molecule has 0 aliphatic rings. The molecule has 0 unspecified atom stereocenters. The number of phenolic OH excluding ortho intramolecular Hbond substituents is 1. The van der Waals surface area contributed by atoms with E-state index in [0.29, 0.717) is 17.2 Å². The average Bonchev–Trinajstić information content (AvgIpc) is 2.86. The second-order valence-corrected chi connectivity index (χ2v) is 7.99. The number of aryl methyl sites for hydroxylation is 2. The highest BCUT2D eigenvalue weighted by Gasteiger charge is 2.26. The molecule has 0 aliphatic heterocycles. The van der Waals surface area contributed by atoms with E-state index >= 15 is 0 Å². The Bertz CT molecular complexity index is 1310. The topological polar surface area (TPSA) is 62.1 Å². The first-order valence-electron chi connectivity index (χ1n) is 10.9. The number of hydrogen-bond acceptors (Lipinski definition) is 4. The van der Waals surface area contributed by atoms with Crippen LogP contribution in [0.2, 0.25) is 0 Å². The van der Waals surface area contributed by atoms with E-state index in [1.165, 1.54) is 6.07 Å². The minimum atomic E-state index is -0.380. The van der Waals surface area contributed by atoms with Crippen LogP contribution in [0.5, 0.6) is 11.5 Å². The van der Waals surface area contributed by atoms with Crippen LogP contribution in [0.1, 0.15) is 27.0 Å². The van der Waals surface area contributed by atoms with E-state index in [0.717, 1.165) is 22.4 Å². The van der Waals surface area contributed by atoms with E-state index in [9.17, 15) is 9.90 Å². The summed E-state index contributed by atoms with van der Waals surface area (Å²) >= 11 is 0. The Morgan fingerprint density at radius 3 is 1.97 bits per heavy atom. The fourth-order valence-electron chi connectivity index (χ4n) is 3.53. The second kappa shape index (κ2) is 10.0. The fourth-order valence-corrected chi connectivity index (χ4v) is 3.53. The summed E-state index contributed by atoms with van der Waals surface area (Å²) in [7, 11) is 1.61. The molecule has 34 heavy (non-hydrogen) atoms. The van der Waals surface area contributed by atoms with Gasteiger partial charge in [-0.1, -0.05) is 59.7 Å². The van der Waals surface area contributed by atoms with Crippen molar-refractivity contribution in [3.05, 3.63) is 119 Å². The third-order valence-corrected chi connectivity index (χ3v) is 5.46. The van der Waals surface area contributed by atoms with Gasteiger partial charge in [-0.3, -0.25) is 9.69 Å². The van der Waals surface area contributed by atoms with E-state index in [4.69, 9.17) is 9.73 Å². The van der Waals surface area contributed by atoms with Gasteiger partial charge in [0, 0.05) is 5.56 Å². The van der Waals surface area contributed by atoms with E-state index in [-0.39, 0.29) is 17.2 Å². The van der Waals surface area contributed by atoms with Gasteiger partial charge >= 0.3 is 0 Å². The van der Waals surface area contributed by atoms with Gasteiger partial charge in [-0.2, -0.15) is 0 Å². The lowest BCUT2D eigenvalue weighted by molar-refractivity contribution is 0.1000. The number of benzene rings is 4. The van der Waals surface area contributed by atoms with Crippen LogP contribution in [0.25, 0.3) is 0 Å². The Balaban J connectivity index is 1.93. The van der Waals surface area contributed by atoms with Crippen molar-refractivity contribution in [2.75, 3.05) is 12.0 Å². The number of aromatic hydroxyl groups is 1. The summed E-state index contributed by atoms with van der Waals surface area (Å²) in [6.45, 7) is 4.00. The number of para-hydroxylation sites is 1. The first-order chi connectivity index (χ1) is 16.5. The van der Waals surface area contributed by atoms with Gasteiger partial charge in [0.2, 0.25) is 0 Å². The van der Waals surface area contributed by atoms with E-state index in [2.05, 4.69) is 0 Å². The molecule has 0 atom stereocenters. The number of carbonyl (C=O) groups is 1. The van der Waals surface area contributed by atoms with Crippen LogP contribution in [-0.4, -0.2) is 24.0 Å². The van der Waals surface area contributed by atoms with Crippen LogP contribution >= 0.6 is 0 Å². The van der Waals surface area contributed by atoms with Gasteiger partial charge in [0.1, 0.15) is 17.3 Å². The predicted molar refractivity (Wildman–Crippen MR) is 136 cm³/mol. The molecule has 0 aromatic heterocycles. The van der Waals surface area contributed by atoms with Crippen LogP contribution < -0.4 is 9.64 Å². The van der Waals surface area contributed by atoms with E-state index in [1.54, 1.807) is 30.2 Å². The highest BCUT2D eigenvalue weighted by Crippen LogP contribution is 2.27. The maximum absolute atomic E-state index is 13.9. The molecule has 0 saturated heterocycles. The Morgan fingerprint density at radius 2 is 1.38 bits per heavy atom. The van der Waals surface area contributed by atoms with Crippen LogP contribution in [0.3, 0.4) is 0 Å². The zero-order valence-electron chi connectivity index (χ0n) is 19.4. The summed E-state index contributed by atoms with van der Waals surface area (Å²) < 4.78 is 5.27. The lowest BCUT2D eigenvalue weighted by atomic mass is 10.1. The zero-order chi connectivity index (χ0) is 24.1. The fraction of sp³-hybridized carbons (Fsp3) is 0.103. The van der Waals surface area contributed by atoms with Gasteiger partial charge in [-0.05, 0) is 62.4 Å². The molecule has 4 aromatic carbocycles. The smallest absolute Gasteiger partial charge is 0.267 e. The number of amides is 1. The molecular formula is C29H26N2O3. The average molecular weight is 451 g/mol. The van der Waals surface area contributed by atoms with Crippen molar-refractivity contribution in [1.29, 1.82) is 0 Å². The Labute approximate surface area is 199 Å². The molecule has 0 bridgehead atoms. The van der Waals surface area contributed by atoms with E-state index < -0.39 is 0 Å². The minimum absolute atomic E-state index is 0.0858. The summed E-state index contributed by atoms with van der Waals surface area (Å²) in [5.41, 5.74) is 4.44. The summed E-state index contributed by atoms with van der Waals surface area (Å²) in [6, 6.07) is 29.4. The van der Waals surface area contributed by atoms with Gasteiger partial charge in [0.05, 0.1) is 24.0 Å². The minimum Gasteiger partial charge on any atom is -0.507 e. The Kier molecular flexibility index (Phi) is 6.74. The molecule has 0 saturated carbocycles. The largest absolute Gasteiger partial charge is 0.507 e. The molecule has 0 heterocycles. The van der Waals surface area contributed by atoms with Crippen LogP contribution in [0.4, 0.5) is 11.4 Å². The van der Waals surface area contributed by atoms with Crippen molar-refractivity contribution in [2.24, 2.45) is 4.99 Å². The molecule has 1 amide bonds. The molecule has 4 aromatic rings. The van der Waals surface area contributed by atoms with Gasteiger partial charge in [-0.15, -0.1) is 0 Å². The molecule has 0 radical (unpaired) electrons. The van der Waals surface area contributed by atoms with Crippen molar-refractivity contribution in [1.82, 2.24) is 0 Å². The summed E-state index contributed by atoms with van der Waals surface area (Å²) in [6.07, 6.45) is 0. The SMILES string of the molecule is COc1ccc(N=C(c2ccc(C)cc2)N(C(=O)c2ccccc2O)c2ccc(C)cc2)cc1. The lowest BCUT2D eigenvalue weighted by Crippen LogP contribution is -2.37. The molecule has 5 heteroatoms. The Morgan fingerprint density at radius 1 is 0.794 bits per heavy atom. The number of hydrogen-bond donors (Lipinski definition) is 1. The summed E-state index contributed by atoms with van der Waals surface area (Å²) in [4.78, 5) is 20.3. The maximum atomic E-state index is 13.9. The van der Waals surface area contributed by atoms with Gasteiger partial charge < -0.3 is 9.84 Å². The molecule has 0 spiro atoms. The quantitative estimate of drug-likeness (QED) is 0.281. The zero-order valence-corrected chi connectivity index (χ0v) is 19.4. The number of aliphatic imine (C=N–C) groups is 1. The normalized spacial score (nSPS) is 11.2. The Hall–Kier alpha value is -4.38. The number of nitrogens with zero attached hydrogens (tertiary/aromatic N) is 2. The molecule has 0 fully saturated rings. The first-order valence-corrected chi connectivity index (χ1v) is 10.9. The van der Waals surface area contributed by atoms with Crippen molar-refractivity contribution >= 4 is 23.1 Å². The maximum Gasteiger partial charge on any atom is 0.267 e. The molecule has 4 rings (SSSR count). The number of ether oxygens (including phenoxy) is 1. The summed E-state index contributed by atoms with van der Waals surface area (Å²) in [5, 5.41) is 10.5. The number of carbonyl (C=O) groups excluding carboxylic acids is 1. The highest BCUT2D eigenvalue weighted by molar-refractivity contribution is 6.28. The van der Waals surface area contributed by atoms with Gasteiger partial charge in [-0.25, -0.2) is 4.99 Å². The molecule has 170 valence electrons. The number of methoxy groups -OCH3 is 1. The monoisotopic (exact) mass is 450 g/mol. The molecule has 5 nitrogen and oxygen atoms in total. The van der Waals surface area contributed by atoms with Gasteiger partial charge in [0.25, 0.3) is 5.91 Å². The molecule has 1 N–H and O–H groups in total. The van der Waals surface area contributed by atoms with Crippen molar-refractivity contribution in [3.8, 4) is 11.5 Å². The van der Waals surface area contributed by atoms with Crippen LogP contribution in [-0.2, 0) is 0 Å². The third kappa shape index (κ3) is 4.99. The van der Waals surface area contributed by atoms with Crippen LogP contribution in [0, 0.1) is 13.8 Å². The molecular weight excluding hydrogens is 424 g/mol. The second-order valence-electron chi connectivity index (χ2n) is 7.99. The highest BCUT2D eigenvalue weighted by atomic mass is 16.5. The van der Waals surface area contributed by atoms with E-state index in [1.807, 2.05) is 86.6 Å². The molecule has 0 aliphatic carbocycles. The summed E-state index contributed by atoms with van der Waals surface area (Å²) in [5.74, 6) is 0.700. The van der Waals surface area contributed by atoms with Crippen molar-refractivity contribution in [2.45, 2.75) is 13.8 Å².